The van der Waals surface area contributed by atoms with Crippen LogP contribution in [0.5, 0.6) is 6.01 Å². The van der Waals surface area contributed by atoms with Gasteiger partial charge in [0.05, 0.1) is 6.61 Å². The summed E-state index contributed by atoms with van der Waals surface area (Å²) < 4.78 is 25.2. The van der Waals surface area contributed by atoms with Crippen molar-refractivity contribution in [2.24, 2.45) is 5.22 Å². The molecule has 0 aliphatic heterocycles. The molecule has 0 spiro atoms. The number of carbonyl (C=O) groups excluding carboxylic acids is 2. The van der Waals surface area contributed by atoms with Crippen molar-refractivity contribution in [3.05, 3.63) is 83.4 Å². The number of hydrogen-bond acceptors (Lipinski definition) is 10. The summed E-state index contributed by atoms with van der Waals surface area (Å²) in [5.74, 6) is -0.485. The molecule has 236 valence electrons. The zero-order valence-corrected chi connectivity index (χ0v) is 30.3. The van der Waals surface area contributed by atoms with Crippen molar-refractivity contribution in [3.63, 3.8) is 0 Å². The molecule has 1 atom stereocenters. The van der Waals surface area contributed by atoms with Crippen molar-refractivity contribution in [1.82, 2.24) is 12.4 Å². The van der Waals surface area contributed by atoms with Gasteiger partial charge in [-0.05, 0) is 44.7 Å². The molecular formula is C33H35N6O6Tl. The Morgan fingerprint density at radius 2 is 1.74 bits per heavy atom. The van der Waals surface area contributed by atoms with E-state index in [1.807, 2.05) is 60.0 Å². The third-order valence-electron chi connectivity index (χ3n) is 7.70. The molecule has 2 N–H and O–H groups in total. The van der Waals surface area contributed by atoms with E-state index in [2.05, 4.69) is 10.2 Å². The first-order valence-corrected chi connectivity index (χ1v) is 17.2. The summed E-state index contributed by atoms with van der Waals surface area (Å²) in [4.78, 5) is 30.3. The monoisotopic (exact) mass is 816 g/mol. The van der Waals surface area contributed by atoms with E-state index in [4.69, 9.17) is 29.9 Å². The fourth-order valence-corrected chi connectivity index (χ4v) is 6.06. The molecule has 1 saturated carbocycles. The van der Waals surface area contributed by atoms with Gasteiger partial charge in [0.25, 0.3) is 0 Å². The molecule has 1 heterocycles. The molecule has 13 heteroatoms. The fraction of sp³-hybridized carbons (Fsp3) is 0.333. The average molecular weight is 816 g/mol. The van der Waals surface area contributed by atoms with Crippen molar-refractivity contribution in [3.8, 4) is 17.1 Å². The van der Waals surface area contributed by atoms with Gasteiger partial charge in [0.15, 0.2) is 0 Å². The minimum absolute atomic E-state index is 0.172. The van der Waals surface area contributed by atoms with Crippen LogP contribution in [0.3, 0.4) is 0 Å². The van der Waals surface area contributed by atoms with E-state index in [0.717, 1.165) is 48.8 Å². The summed E-state index contributed by atoms with van der Waals surface area (Å²) in [5.41, 5.74) is 12.0. The van der Waals surface area contributed by atoms with Gasteiger partial charge in [0.1, 0.15) is 6.10 Å². The van der Waals surface area contributed by atoms with E-state index >= 15 is 0 Å². The van der Waals surface area contributed by atoms with Crippen LogP contribution >= 0.6 is 0 Å². The molecule has 12 nitrogen and oxygen atoms in total. The maximum atomic E-state index is 13.4. The van der Waals surface area contributed by atoms with E-state index in [-0.39, 0.29) is 43.6 Å². The van der Waals surface area contributed by atoms with Gasteiger partial charge in [0.2, 0.25) is 6.29 Å². The molecule has 46 heavy (non-hydrogen) atoms. The number of nitrogens with zero attached hydrogens (tertiary/aromatic N) is 4. The minimum atomic E-state index is -1.16. The number of imidazole rings is 1. The zero-order valence-electron chi connectivity index (χ0n) is 25.8. The Labute approximate surface area is 283 Å². The normalized spacial score (nSPS) is 13.8. The van der Waals surface area contributed by atoms with Crippen LogP contribution in [0.15, 0.2) is 72.0 Å². The summed E-state index contributed by atoms with van der Waals surface area (Å²) in [6.07, 6.45) is 2.59. The molecule has 1 fully saturated rings. The average Bonchev–Trinajstić information content (AvgIpc) is 3.41. The molecule has 0 bridgehead atoms. The van der Waals surface area contributed by atoms with Crippen molar-refractivity contribution in [2.75, 3.05) is 6.61 Å². The Bertz CT molecular complexity index is 1720. The number of carbonyl (C=O) groups is 2. The van der Waals surface area contributed by atoms with Crippen LogP contribution in [0.4, 0.5) is 4.79 Å². The second kappa shape index (κ2) is 15.3. The predicted molar refractivity (Wildman–Crippen MR) is 171 cm³/mol. The molecule has 4 aromatic rings. The van der Waals surface area contributed by atoms with Crippen molar-refractivity contribution in [2.45, 2.75) is 64.9 Å². The van der Waals surface area contributed by atoms with Crippen LogP contribution in [0, 0.1) is 10.9 Å². The second-order valence-electron chi connectivity index (χ2n) is 10.8. The van der Waals surface area contributed by atoms with Crippen molar-refractivity contribution >= 4 is 55.1 Å². The molecule has 0 saturated heterocycles. The van der Waals surface area contributed by atoms with Crippen LogP contribution in [-0.2, 0) is 20.8 Å². The van der Waals surface area contributed by atoms with E-state index in [1.54, 1.807) is 18.2 Å². The molecule has 1 aromatic heterocycles. The van der Waals surface area contributed by atoms with Gasteiger partial charge in [-0.2, -0.15) is 0 Å². The second-order valence-corrected chi connectivity index (χ2v) is 12.7. The van der Waals surface area contributed by atoms with Crippen LogP contribution in [-0.4, -0.2) is 75.4 Å². The fourth-order valence-electron chi connectivity index (χ4n) is 5.52. The summed E-state index contributed by atoms with van der Waals surface area (Å²) in [7, 11) is 0. The van der Waals surface area contributed by atoms with Gasteiger partial charge in [-0.1, -0.05) is 12.5 Å². The topological polar surface area (TPSA) is 152 Å². The quantitative estimate of drug-likeness (QED) is 0.0319. The number of hydrogen-bond donors (Lipinski definition) is 2. The van der Waals surface area contributed by atoms with Crippen LogP contribution in [0.1, 0.15) is 67.4 Å². The van der Waals surface area contributed by atoms with E-state index in [1.165, 1.54) is 9.74 Å². The number of ether oxygens (including phenoxy) is 4. The SMILES string of the molecule is CCOc1nc2cccc(C(=O)OC(C)OC(=O)OC3CCCCC3)c2n1Cc1ccc(-c2ccccc2C(=N)[N]([Tl])N=N)cc1. The first kappa shape index (κ1) is 33.0. The van der Waals surface area contributed by atoms with E-state index < -0.39 is 18.4 Å². The Hall–Kier alpha value is -4.34. The maximum absolute atomic E-state index is 13.4. The van der Waals surface area contributed by atoms with Crippen LogP contribution in [0.25, 0.3) is 22.2 Å². The number of fused-ring (bicyclic) bond motifs is 1. The summed E-state index contributed by atoms with van der Waals surface area (Å²) in [6.45, 7) is 4.07. The van der Waals surface area contributed by atoms with Gasteiger partial charge >= 0.3 is 177 Å². The summed E-state index contributed by atoms with van der Waals surface area (Å²) in [5, 5.41) is 11.9. The Morgan fingerprint density at radius 1 is 1.02 bits per heavy atom. The number of benzene rings is 3. The Kier molecular flexibility index (Phi) is 11.0. The third kappa shape index (κ3) is 7.71. The number of amidine groups is 1. The molecular weight excluding hydrogens is 781 g/mol. The van der Waals surface area contributed by atoms with E-state index in [9.17, 15) is 9.59 Å². The molecule has 1 unspecified atom stereocenters. The number of esters is 1. The first-order chi connectivity index (χ1) is 22.3. The Balaban J connectivity index is 1.37. The number of para-hydroxylation sites is 1. The van der Waals surface area contributed by atoms with Crippen molar-refractivity contribution < 1.29 is 28.5 Å². The number of aromatic nitrogens is 2. The third-order valence-corrected chi connectivity index (χ3v) is 9.15. The van der Waals surface area contributed by atoms with Crippen LogP contribution in [0.2, 0.25) is 0 Å². The molecule has 0 radical (unpaired) electrons. The molecule has 0 amide bonds. The standard InChI is InChI=1S/C33H35N6O6.Tl/c1-3-42-32-36-28-15-9-14-27(31(40)43-21(2)44-33(41)45-24-10-5-4-6-11-24)29(28)39(32)20-22-16-18-23(19-17-22)25-12-7-8-13-26(25)30(34)37-38-35;/h7-9,12-19,21,24H,3-6,10-11,20H2,1-2H3,(H2-,34,35,37);/q-1;+1. The van der Waals surface area contributed by atoms with Gasteiger partial charge < -0.3 is 14.2 Å². The summed E-state index contributed by atoms with van der Waals surface area (Å²) >= 11 is 0.190. The first-order valence-electron chi connectivity index (χ1n) is 15.2. The van der Waals surface area contributed by atoms with Gasteiger partial charge in [-0.25, -0.2) is 9.59 Å². The molecule has 3 aromatic carbocycles. The Morgan fingerprint density at radius 3 is 2.46 bits per heavy atom. The van der Waals surface area contributed by atoms with Crippen LogP contribution < -0.4 is 4.74 Å². The molecule has 1 aliphatic rings. The van der Waals surface area contributed by atoms with Gasteiger partial charge in [0, 0.05) is 6.92 Å². The molecule has 1 aliphatic carbocycles. The van der Waals surface area contributed by atoms with Gasteiger partial charge in [-0.15, -0.1) is 0 Å². The molecule has 5 rings (SSSR count). The predicted octanol–water partition coefficient (Wildman–Crippen LogP) is 6.80. The van der Waals surface area contributed by atoms with Gasteiger partial charge in [-0.3, -0.25) is 0 Å². The number of nitrogens with one attached hydrogen (secondary N) is 2. The zero-order chi connectivity index (χ0) is 32.6. The summed E-state index contributed by atoms with van der Waals surface area (Å²) in [6, 6.07) is 21.0. The van der Waals surface area contributed by atoms with E-state index in [0.29, 0.717) is 35.8 Å². The van der Waals surface area contributed by atoms with Crippen molar-refractivity contribution in [1.29, 1.82) is 10.9 Å². The number of rotatable bonds is 11.